The number of hydrogen-bond donors (Lipinski definition) is 9. The number of nitrogens with zero attached hydrogens (tertiary/aromatic N) is 3. The molecule has 7 amide bonds. The number of nitrogens with two attached hydrogens (primary N) is 2. The number of fused-ring (bicyclic) bond motifs is 2. The number of primary amides is 1. The molecule has 11 N–H and O–H groups in total. The highest BCUT2D eigenvalue weighted by molar-refractivity contribution is 14.1. The van der Waals surface area contributed by atoms with E-state index in [1.165, 1.54) is 0 Å². The number of ether oxygens (including phenoxy) is 3. The number of aliphatic hydroxyl groups is 1. The number of hydrogen-bond acceptors (Lipinski definition) is 13. The summed E-state index contributed by atoms with van der Waals surface area (Å²) in [5.41, 5.74) is 12.4. The van der Waals surface area contributed by atoms with Crippen LogP contribution in [0.3, 0.4) is 0 Å². The van der Waals surface area contributed by atoms with E-state index in [1.54, 1.807) is 45.0 Å². The Morgan fingerprint density at radius 3 is 2.26 bits per heavy atom. The van der Waals surface area contributed by atoms with Gasteiger partial charge in [-0.15, -0.1) is 27.5 Å². The van der Waals surface area contributed by atoms with E-state index in [4.69, 9.17) is 25.7 Å². The minimum Gasteiger partial charge on any atom is -0.449 e. The number of carbonyl (C=O) groups excluding carboxylic acids is 6. The number of benzene rings is 1. The van der Waals surface area contributed by atoms with Crippen molar-refractivity contribution in [3.05, 3.63) is 41.2 Å². The number of alkyl carbamates (subject to hydrolysis) is 1. The zero-order valence-electron chi connectivity index (χ0n) is 41.5. The molecule has 1 heterocycles. The first-order valence-electron chi connectivity index (χ1n) is 23.9. The Morgan fingerprint density at radius 1 is 0.942 bits per heavy atom. The van der Waals surface area contributed by atoms with Gasteiger partial charge in [-0.05, 0) is 127 Å². The number of aryl methyl sites for hydroxylation is 1. The van der Waals surface area contributed by atoms with E-state index in [9.17, 15) is 33.9 Å². The summed E-state index contributed by atoms with van der Waals surface area (Å²) >= 11 is 2.05. The summed E-state index contributed by atoms with van der Waals surface area (Å²) in [7, 11) is 0. The van der Waals surface area contributed by atoms with Gasteiger partial charge < -0.3 is 62.6 Å². The van der Waals surface area contributed by atoms with E-state index >= 15 is 0 Å². The number of halogens is 1. The number of anilines is 1. The Labute approximate surface area is 419 Å². The van der Waals surface area contributed by atoms with Crippen LogP contribution in [0.1, 0.15) is 117 Å². The molecule has 69 heavy (non-hydrogen) atoms. The summed E-state index contributed by atoms with van der Waals surface area (Å²) < 4.78 is 19.0. The summed E-state index contributed by atoms with van der Waals surface area (Å²) in [4.78, 5) is 76.2. The first-order chi connectivity index (χ1) is 32.4. The minimum atomic E-state index is -1.04. The predicted molar refractivity (Wildman–Crippen MR) is 269 cm³/mol. The average molecular weight is 1080 g/mol. The molecule has 1 aromatic carbocycles. The van der Waals surface area contributed by atoms with Gasteiger partial charge in [0.15, 0.2) is 0 Å². The lowest BCUT2D eigenvalue weighted by Gasteiger charge is -2.31. The van der Waals surface area contributed by atoms with E-state index in [-0.39, 0.29) is 61.5 Å². The van der Waals surface area contributed by atoms with E-state index < -0.39 is 58.9 Å². The number of rotatable bonds is 26. The van der Waals surface area contributed by atoms with Crippen molar-refractivity contribution >= 4 is 68.7 Å². The van der Waals surface area contributed by atoms with Gasteiger partial charge in [0.2, 0.25) is 17.7 Å². The standard InChI is InChI=1S/C46H75BIN11O10/c1-28(2)38(40(63)53-35(10-9-23-51-41(49)64)39(62)52-30-13-11-29(12-14-30)26-67-43(66)56-47(8)48)54-37(61)19-20-45(5,6)69-25-22-44(3,4)59-36-18-16-32-31(15-17-34(36)57-58-59)33(32)27-68-42(65)55-46(7,50)21-24-60/h11-14,28,31-33,35,38,60H,9-10,15-27,50H2,1-8H3,(H,52,62)(H,53,63)(H,54,61)(H,55,65)(H,56,66)(H3,49,51,64)/t31?,32?,33?,35-,38?,46?/m0/s1. The van der Waals surface area contributed by atoms with Crippen molar-refractivity contribution in [3.8, 4) is 0 Å². The second-order valence-electron chi connectivity index (χ2n) is 20.1. The highest BCUT2D eigenvalue weighted by atomic mass is 127. The van der Waals surface area contributed by atoms with Crippen LogP contribution in [0.2, 0.25) is 6.82 Å². The van der Waals surface area contributed by atoms with Crippen LogP contribution in [-0.4, -0.2) is 110 Å². The zero-order valence-corrected chi connectivity index (χ0v) is 43.6. The lowest BCUT2D eigenvalue weighted by atomic mass is 9.97. The normalized spacial score (nSPS) is 18.3. The number of urea groups is 1. The first-order valence-corrected chi connectivity index (χ1v) is 25.2. The molecule has 0 radical (unpaired) electrons. The zero-order chi connectivity index (χ0) is 51.1. The van der Waals surface area contributed by atoms with Crippen molar-refractivity contribution in [1.82, 2.24) is 41.5 Å². The summed E-state index contributed by atoms with van der Waals surface area (Å²) in [5, 5.41) is 34.6. The molecule has 0 spiro atoms. The van der Waals surface area contributed by atoms with Crippen LogP contribution in [0.25, 0.3) is 0 Å². The van der Waals surface area contributed by atoms with E-state index in [2.05, 4.69) is 56.0 Å². The molecule has 2 aliphatic rings. The smallest absolute Gasteiger partial charge is 0.408 e. The lowest BCUT2D eigenvalue weighted by Crippen LogP contribution is -2.54. The fourth-order valence-corrected chi connectivity index (χ4v) is 8.75. The summed E-state index contributed by atoms with van der Waals surface area (Å²) in [6.45, 7) is 15.9. The van der Waals surface area contributed by atoms with Gasteiger partial charge in [0.25, 0.3) is 0 Å². The third-order valence-electron chi connectivity index (χ3n) is 12.7. The van der Waals surface area contributed by atoms with Gasteiger partial charge in [-0.3, -0.25) is 14.4 Å². The van der Waals surface area contributed by atoms with Gasteiger partial charge in [-0.25, -0.2) is 19.1 Å². The molecule has 4 rings (SSSR count). The maximum absolute atomic E-state index is 13.8. The van der Waals surface area contributed by atoms with Gasteiger partial charge >= 0.3 is 22.9 Å². The van der Waals surface area contributed by atoms with Crippen LogP contribution < -0.4 is 43.3 Å². The Hall–Kier alpha value is -4.75. The monoisotopic (exact) mass is 1080 g/mol. The summed E-state index contributed by atoms with van der Waals surface area (Å²) in [5.74, 6) is -0.529. The second kappa shape index (κ2) is 25.9. The molecular weight excluding hydrogens is 1000 g/mol. The number of amides is 7. The quantitative estimate of drug-likeness (QED) is 0.0279. The second-order valence-corrected chi connectivity index (χ2v) is 21.9. The van der Waals surface area contributed by atoms with Crippen molar-refractivity contribution in [2.24, 2.45) is 35.1 Å². The summed E-state index contributed by atoms with van der Waals surface area (Å²) in [6, 6.07) is 4.04. The van der Waals surface area contributed by atoms with E-state index in [1.807, 2.05) is 47.7 Å². The molecule has 384 valence electrons. The molecule has 6 atom stereocenters. The molecule has 21 nitrogen and oxygen atoms in total. The van der Waals surface area contributed by atoms with Crippen molar-refractivity contribution in [1.29, 1.82) is 0 Å². The molecular formula is C46H75BIN11O10. The number of aliphatic hydroxyl groups excluding tert-OH is 1. The van der Waals surface area contributed by atoms with Crippen molar-refractivity contribution in [3.63, 3.8) is 0 Å². The Bertz CT molecular complexity index is 2050. The molecule has 0 aliphatic heterocycles. The molecule has 2 aromatic rings. The van der Waals surface area contributed by atoms with Crippen LogP contribution >= 0.6 is 22.4 Å². The molecule has 23 heteroatoms. The molecule has 5 unspecified atom stereocenters. The number of aromatic nitrogens is 3. The fraction of sp³-hybridized carbons (Fsp3) is 0.696. The van der Waals surface area contributed by atoms with Crippen LogP contribution in [0, 0.1) is 23.7 Å². The van der Waals surface area contributed by atoms with Crippen molar-refractivity contribution in [2.45, 2.75) is 155 Å². The maximum atomic E-state index is 13.8. The van der Waals surface area contributed by atoms with E-state index in [0.717, 1.165) is 37.1 Å². The SMILES string of the molecule is CB(I)NC(=O)OCc1ccc(NC(=O)[C@H](CCCNC(N)=O)NC(=O)C(NC(=O)CCC(C)(C)OCCC(C)(C)n2nnc3c2CCC2C(CC3)C2COC(=O)NC(C)(N)CCO)C(C)C)cc1. The molecule has 1 fully saturated rings. The Balaban J connectivity index is 1.26. The Morgan fingerprint density at radius 2 is 1.62 bits per heavy atom. The third kappa shape index (κ3) is 18.8. The van der Waals surface area contributed by atoms with Crippen molar-refractivity contribution in [2.75, 3.05) is 31.7 Å². The predicted octanol–water partition coefficient (Wildman–Crippen LogP) is 4.00. The van der Waals surface area contributed by atoms with Crippen LogP contribution in [0.15, 0.2) is 24.3 Å². The number of nitrogens with one attached hydrogen (secondary N) is 6. The van der Waals surface area contributed by atoms with Gasteiger partial charge in [0, 0.05) is 38.3 Å². The summed E-state index contributed by atoms with van der Waals surface area (Å²) in [6.07, 6.45) is 4.14. The molecule has 0 saturated heterocycles. The van der Waals surface area contributed by atoms with Crippen LogP contribution in [-0.2, 0) is 53.6 Å². The fourth-order valence-electron chi connectivity index (χ4n) is 8.50. The van der Waals surface area contributed by atoms with Gasteiger partial charge in [0.05, 0.1) is 34.8 Å². The van der Waals surface area contributed by atoms with Crippen LogP contribution in [0.5, 0.6) is 0 Å². The highest BCUT2D eigenvalue weighted by Crippen LogP contribution is 2.53. The average Bonchev–Trinajstić information content (AvgIpc) is 3.73. The largest absolute Gasteiger partial charge is 0.449 e. The first kappa shape index (κ1) is 56.8. The Kier molecular flexibility index (Phi) is 21.4. The molecule has 1 aromatic heterocycles. The number of carbonyl (C=O) groups is 6. The molecule has 1 saturated carbocycles. The van der Waals surface area contributed by atoms with Crippen LogP contribution in [0.4, 0.5) is 20.1 Å². The maximum Gasteiger partial charge on any atom is 0.408 e. The molecule has 2 aliphatic carbocycles. The van der Waals surface area contributed by atoms with Gasteiger partial charge in [-0.1, -0.05) is 38.0 Å². The van der Waals surface area contributed by atoms with E-state index in [0.29, 0.717) is 55.6 Å². The lowest BCUT2D eigenvalue weighted by molar-refractivity contribution is -0.132. The highest BCUT2D eigenvalue weighted by Gasteiger charge is 2.50. The van der Waals surface area contributed by atoms with Gasteiger partial charge in [0.1, 0.15) is 18.7 Å². The third-order valence-corrected chi connectivity index (χ3v) is 13.0. The van der Waals surface area contributed by atoms with Crippen molar-refractivity contribution < 1.29 is 48.1 Å². The minimum absolute atomic E-state index is 0.0322. The topological polar surface area (TPSA) is 305 Å². The molecule has 0 bridgehead atoms. The van der Waals surface area contributed by atoms with Gasteiger partial charge in [-0.2, -0.15) is 0 Å².